The Morgan fingerprint density at radius 3 is 2.54 bits per heavy atom. The first-order chi connectivity index (χ1) is 18.2. The second-order valence-electron chi connectivity index (χ2n) is 10.9. The molecule has 4 aromatic rings. The summed E-state index contributed by atoms with van der Waals surface area (Å²) >= 11 is 0. The van der Waals surface area contributed by atoms with E-state index in [1.165, 1.54) is 18.5 Å². The van der Waals surface area contributed by atoms with E-state index in [1.807, 2.05) is 36.4 Å². The van der Waals surface area contributed by atoms with Crippen molar-refractivity contribution >= 4 is 22.5 Å². The van der Waals surface area contributed by atoms with Gasteiger partial charge < -0.3 is 15.0 Å². The number of aromatic nitrogens is 3. The van der Waals surface area contributed by atoms with Crippen LogP contribution >= 0.6 is 0 Å². The molecule has 0 radical (unpaired) electrons. The van der Waals surface area contributed by atoms with Gasteiger partial charge in [-0.1, -0.05) is 18.2 Å². The fourth-order valence-corrected chi connectivity index (χ4v) is 5.77. The maximum absolute atomic E-state index is 13.3. The standard InChI is InChI=1S/C30H31N5O2/c36-29(32-28(21-4-5-21)26-3-1-2-14-31-26)22-8-11-25-24(17-22)27(34-33-25)20-6-9-23(10-7-20)35-15-12-30(13-16-35)18-37-19-30/h1-3,6-11,14,17,21,28H,4-5,12-13,15-16,18-19H2,(H,32,36)(H,33,34). The summed E-state index contributed by atoms with van der Waals surface area (Å²) in [7, 11) is 0. The zero-order valence-electron chi connectivity index (χ0n) is 20.8. The van der Waals surface area contributed by atoms with Crippen LogP contribution in [-0.2, 0) is 4.74 Å². The summed E-state index contributed by atoms with van der Waals surface area (Å²) in [6.45, 7) is 4.01. The van der Waals surface area contributed by atoms with Crippen LogP contribution in [0.2, 0.25) is 0 Å². The minimum atomic E-state index is -0.0771. The fourth-order valence-electron chi connectivity index (χ4n) is 5.77. The van der Waals surface area contributed by atoms with Gasteiger partial charge in [-0.25, -0.2) is 0 Å². The van der Waals surface area contributed by atoms with Crippen molar-refractivity contribution < 1.29 is 9.53 Å². The lowest BCUT2D eigenvalue weighted by Gasteiger charge is -2.47. The second kappa shape index (κ2) is 8.99. The Morgan fingerprint density at radius 2 is 1.86 bits per heavy atom. The molecule has 2 aliphatic heterocycles. The lowest BCUT2D eigenvalue weighted by atomic mass is 9.77. The molecule has 0 bridgehead atoms. The zero-order valence-corrected chi connectivity index (χ0v) is 20.8. The molecule has 2 N–H and O–H groups in total. The van der Waals surface area contributed by atoms with E-state index < -0.39 is 0 Å². The van der Waals surface area contributed by atoms with Gasteiger partial charge in [0.15, 0.2) is 0 Å². The maximum atomic E-state index is 13.3. The Hall–Kier alpha value is -3.71. The highest BCUT2D eigenvalue weighted by Crippen LogP contribution is 2.41. The van der Waals surface area contributed by atoms with E-state index in [0.717, 1.165) is 67.0 Å². The van der Waals surface area contributed by atoms with Gasteiger partial charge in [-0.3, -0.25) is 14.9 Å². The van der Waals surface area contributed by atoms with Gasteiger partial charge in [-0.05, 0) is 74.1 Å². The molecular formula is C30H31N5O2. The van der Waals surface area contributed by atoms with Gasteiger partial charge in [0.05, 0.1) is 36.2 Å². The number of benzene rings is 2. The number of hydrogen-bond donors (Lipinski definition) is 2. The summed E-state index contributed by atoms with van der Waals surface area (Å²) in [5.74, 6) is 0.379. The summed E-state index contributed by atoms with van der Waals surface area (Å²) < 4.78 is 5.47. The Balaban J connectivity index is 1.10. The normalized spacial score (nSPS) is 19.5. The molecule has 3 fully saturated rings. The fraction of sp³-hybridized carbons (Fsp3) is 0.367. The average molecular weight is 494 g/mol. The molecule has 1 amide bonds. The maximum Gasteiger partial charge on any atom is 0.251 e. The first-order valence-corrected chi connectivity index (χ1v) is 13.3. The number of anilines is 1. The largest absolute Gasteiger partial charge is 0.380 e. The van der Waals surface area contributed by atoms with Crippen LogP contribution in [0.1, 0.15) is 47.8 Å². The Kier molecular flexibility index (Phi) is 5.47. The SMILES string of the molecule is O=C(NC(c1ccccn1)C1CC1)c1ccc2[nH]nc(-c3ccc(N4CCC5(CC4)COC5)cc3)c2c1. The molecule has 2 aromatic carbocycles. The van der Waals surface area contributed by atoms with Crippen LogP contribution in [0.4, 0.5) is 5.69 Å². The van der Waals surface area contributed by atoms with Gasteiger partial charge in [0, 0.05) is 46.9 Å². The van der Waals surface area contributed by atoms with Crippen LogP contribution in [0.25, 0.3) is 22.2 Å². The number of pyridine rings is 1. The van der Waals surface area contributed by atoms with Crippen molar-refractivity contribution in [3.05, 3.63) is 78.1 Å². The second-order valence-corrected chi connectivity index (χ2v) is 10.9. The number of amides is 1. The summed E-state index contributed by atoms with van der Waals surface area (Å²) in [5.41, 5.74) is 6.07. The van der Waals surface area contributed by atoms with Gasteiger partial charge >= 0.3 is 0 Å². The summed E-state index contributed by atoms with van der Waals surface area (Å²) in [6, 6.07) is 20.2. The molecule has 2 aromatic heterocycles. The predicted molar refractivity (Wildman–Crippen MR) is 143 cm³/mol. The van der Waals surface area contributed by atoms with E-state index >= 15 is 0 Å². The number of aromatic amines is 1. The molecular weight excluding hydrogens is 462 g/mol. The van der Waals surface area contributed by atoms with Crippen molar-refractivity contribution in [3.8, 4) is 11.3 Å². The predicted octanol–water partition coefficient (Wildman–Crippen LogP) is 5.12. The number of nitrogens with zero attached hydrogens (tertiary/aromatic N) is 3. The quantitative estimate of drug-likeness (QED) is 0.389. The Morgan fingerprint density at radius 1 is 1.05 bits per heavy atom. The van der Waals surface area contributed by atoms with Crippen molar-refractivity contribution in [2.75, 3.05) is 31.2 Å². The van der Waals surface area contributed by atoms with Gasteiger partial charge in [0.25, 0.3) is 5.91 Å². The van der Waals surface area contributed by atoms with Crippen molar-refractivity contribution in [3.63, 3.8) is 0 Å². The van der Waals surface area contributed by atoms with Crippen LogP contribution in [0.3, 0.4) is 0 Å². The Labute approximate surface area is 216 Å². The summed E-state index contributed by atoms with van der Waals surface area (Å²) in [6.07, 6.45) is 6.43. The molecule has 1 atom stereocenters. The number of carbonyl (C=O) groups is 1. The molecule has 7 nitrogen and oxygen atoms in total. The minimum absolute atomic E-state index is 0.0535. The van der Waals surface area contributed by atoms with Crippen LogP contribution in [0.15, 0.2) is 66.9 Å². The molecule has 2 saturated heterocycles. The van der Waals surface area contributed by atoms with Crippen LogP contribution in [0.5, 0.6) is 0 Å². The monoisotopic (exact) mass is 493 g/mol. The number of fused-ring (bicyclic) bond motifs is 1. The van der Waals surface area contributed by atoms with E-state index in [-0.39, 0.29) is 11.9 Å². The first kappa shape index (κ1) is 22.5. The van der Waals surface area contributed by atoms with E-state index in [2.05, 4.69) is 49.7 Å². The van der Waals surface area contributed by atoms with Crippen molar-refractivity contribution in [1.29, 1.82) is 0 Å². The molecule has 3 aliphatic rings. The van der Waals surface area contributed by atoms with E-state index in [0.29, 0.717) is 16.9 Å². The third-order valence-electron chi connectivity index (χ3n) is 8.36. The summed E-state index contributed by atoms with van der Waals surface area (Å²) in [4.78, 5) is 20.2. The zero-order chi connectivity index (χ0) is 24.8. The number of H-pyrrole nitrogens is 1. The molecule has 1 spiro atoms. The summed E-state index contributed by atoms with van der Waals surface area (Å²) in [5, 5.41) is 11.9. The lowest BCUT2D eigenvalue weighted by Crippen LogP contribution is -2.50. The third-order valence-corrected chi connectivity index (χ3v) is 8.36. The smallest absolute Gasteiger partial charge is 0.251 e. The number of nitrogens with one attached hydrogen (secondary N) is 2. The van der Waals surface area contributed by atoms with Crippen LogP contribution < -0.4 is 10.2 Å². The average Bonchev–Trinajstić information content (AvgIpc) is 3.69. The molecule has 1 unspecified atom stereocenters. The molecule has 1 aliphatic carbocycles. The highest BCUT2D eigenvalue weighted by Gasteiger charge is 2.41. The van der Waals surface area contributed by atoms with E-state index in [9.17, 15) is 4.79 Å². The van der Waals surface area contributed by atoms with Crippen molar-refractivity contribution in [1.82, 2.24) is 20.5 Å². The van der Waals surface area contributed by atoms with Crippen molar-refractivity contribution in [2.45, 2.75) is 31.7 Å². The topological polar surface area (TPSA) is 83.1 Å². The number of piperidine rings is 1. The van der Waals surface area contributed by atoms with Crippen LogP contribution in [-0.4, -0.2) is 47.4 Å². The van der Waals surface area contributed by atoms with Crippen molar-refractivity contribution in [2.24, 2.45) is 11.3 Å². The number of carbonyl (C=O) groups excluding carboxylic acids is 1. The molecule has 1 saturated carbocycles. The van der Waals surface area contributed by atoms with Gasteiger partial charge in [0.1, 0.15) is 0 Å². The molecule has 37 heavy (non-hydrogen) atoms. The van der Waals surface area contributed by atoms with E-state index in [4.69, 9.17) is 4.74 Å². The number of ether oxygens (including phenoxy) is 1. The van der Waals surface area contributed by atoms with Gasteiger partial charge in [0.2, 0.25) is 0 Å². The number of rotatable bonds is 6. The molecule has 7 rings (SSSR count). The molecule has 7 heteroatoms. The van der Waals surface area contributed by atoms with E-state index in [1.54, 1.807) is 6.20 Å². The Bertz CT molecular complexity index is 1410. The first-order valence-electron chi connectivity index (χ1n) is 13.3. The lowest BCUT2D eigenvalue weighted by molar-refractivity contribution is -0.124. The molecule has 188 valence electrons. The third kappa shape index (κ3) is 4.27. The van der Waals surface area contributed by atoms with Gasteiger partial charge in [-0.15, -0.1) is 0 Å². The van der Waals surface area contributed by atoms with Crippen LogP contribution in [0, 0.1) is 11.3 Å². The molecule has 4 heterocycles. The van der Waals surface area contributed by atoms with Gasteiger partial charge in [-0.2, -0.15) is 5.10 Å². The number of hydrogen-bond acceptors (Lipinski definition) is 5. The minimum Gasteiger partial charge on any atom is -0.380 e. The highest BCUT2D eigenvalue weighted by atomic mass is 16.5. The highest BCUT2D eigenvalue weighted by molar-refractivity contribution is 6.01.